The fourth-order valence-electron chi connectivity index (χ4n) is 2.03. The van der Waals surface area contributed by atoms with Crippen LogP contribution in [0, 0.1) is 11.3 Å². The van der Waals surface area contributed by atoms with Crippen LogP contribution in [0.3, 0.4) is 0 Å². The molecular weight excluding hydrogens is 206 g/mol. The van der Waals surface area contributed by atoms with Gasteiger partial charge >= 0.3 is 0 Å². The standard InChI is InChI=1S/C11H24NO2Si/c1-11(2,3)9-6-10(8-13)12(7-9)14-15(4)5/h9-10,13H,6-8H2,1-5H3/t9-,10-/m0/s1. The SMILES string of the molecule is C[Si](C)ON1C[C@@H](C(C)(C)C)C[C@H]1CO. The Morgan fingerprint density at radius 2 is 2.00 bits per heavy atom. The molecule has 1 heterocycles. The van der Waals surface area contributed by atoms with Crippen molar-refractivity contribution in [1.82, 2.24) is 5.06 Å². The van der Waals surface area contributed by atoms with Gasteiger partial charge in [-0.3, -0.25) is 0 Å². The summed E-state index contributed by atoms with van der Waals surface area (Å²) in [5.74, 6) is 0.621. The van der Waals surface area contributed by atoms with Crippen LogP contribution in [0.15, 0.2) is 0 Å². The third kappa shape index (κ3) is 3.55. The maximum atomic E-state index is 9.32. The summed E-state index contributed by atoms with van der Waals surface area (Å²) >= 11 is 0. The van der Waals surface area contributed by atoms with E-state index in [0.29, 0.717) is 11.3 Å². The fraction of sp³-hybridized carbons (Fsp3) is 1.00. The Morgan fingerprint density at radius 3 is 2.40 bits per heavy atom. The van der Waals surface area contributed by atoms with Gasteiger partial charge in [0.25, 0.3) is 0 Å². The molecule has 1 rings (SSSR count). The molecule has 15 heavy (non-hydrogen) atoms. The third-order valence-corrected chi connectivity index (χ3v) is 3.70. The zero-order valence-corrected chi connectivity index (χ0v) is 11.6. The van der Waals surface area contributed by atoms with Crippen LogP contribution in [0.1, 0.15) is 27.2 Å². The molecule has 0 aromatic rings. The van der Waals surface area contributed by atoms with E-state index in [1.165, 1.54) is 0 Å². The lowest BCUT2D eigenvalue weighted by atomic mass is 9.79. The summed E-state index contributed by atoms with van der Waals surface area (Å²) in [6.07, 6.45) is 1.05. The first-order valence-electron chi connectivity index (χ1n) is 5.70. The number of aliphatic hydroxyl groups is 1. The van der Waals surface area contributed by atoms with Gasteiger partial charge in [0, 0.05) is 6.54 Å². The maximum Gasteiger partial charge on any atom is 0.235 e. The molecule has 1 N–H and O–H groups in total. The highest BCUT2D eigenvalue weighted by molar-refractivity contribution is 6.48. The van der Waals surface area contributed by atoms with Crippen molar-refractivity contribution in [3.8, 4) is 0 Å². The van der Waals surface area contributed by atoms with E-state index in [2.05, 4.69) is 33.9 Å². The zero-order valence-electron chi connectivity index (χ0n) is 10.6. The summed E-state index contributed by atoms with van der Waals surface area (Å²) in [4.78, 5) is 0. The van der Waals surface area contributed by atoms with Crippen LogP contribution in [0.2, 0.25) is 13.1 Å². The highest BCUT2D eigenvalue weighted by Gasteiger charge is 2.38. The summed E-state index contributed by atoms with van der Waals surface area (Å²) in [6.45, 7) is 12.2. The number of aliphatic hydroxyl groups excluding tert-OH is 1. The Morgan fingerprint density at radius 1 is 1.40 bits per heavy atom. The second-order valence-corrected chi connectivity index (χ2v) is 7.73. The molecule has 0 saturated carbocycles. The van der Waals surface area contributed by atoms with E-state index >= 15 is 0 Å². The topological polar surface area (TPSA) is 32.7 Å². The lowest BCUT2D eigenvalue weighted by Gasteiger charge is -2.27. The molecule has 0 unspecified atom stereocenters. The first-order chi connectivity index (χ1) is 6.84. The molecule has 1 radical (unpaired) electrons. The monoisotopic (exact) mass is 230 g/mol. The van der Waals surface area contributed by atoms with E-state index in [1.54, 1.807) is 0 Å². The van der Waals surface area contributed by atoms with Crippen LogP contribution in [0.25, 0.3) is 0 Å². The Kier molecular flexibility index (Phi) is 4.35. The van der Waals surface area contributed by atoms with E-state index in [1.807, 2.05) is 5.06 Å². The van der Waals surface area contributed by atoms with Crippen LogP contribution < -0.4 is 0 Å². The zero-order chi connectivity index (χ0) is 11.6. The molecule has 0 aromatic heterocycles. The lowest BCUT2D eigenvalue weighted by molar-refractivity contribution is -0.0895. The minimum atomic E-state index is -0.713. The summed E-state index contributed by atoms with van der Waals surface area (Å²) in [6, 6.07) is 0.203. The van der Waals surface area contributed by atoms with Crippen molar-refractivity contribution in [3.63, 3.8) is 0 Å². The highest BCUT2D eigenvalue weighted by atomic mass is 28.3. The first kappa shape index (κ1) is 13.2. The second-order valence-electron chi connectivity index (χ2n) is 5.73. The van der Waals surface area contributed by atoms with E-state index in [-0.39, 0.29) is 12.6 Å². The van der Waals surface area contributed by atoms with Gasteiger partial charge in [-0.2, -0.15) is 5.06 Å². The summed E-state index contributed by atoms with van der Waals surface area (Å²) in [5, 5.41) is 11.3. The van der Waals surface area contributed by atoms with Crippen LogP contribution in [0.5, 0.6) is 0 Å². The smallest absolute Gasteiger partial charge is 0.235 e. The van der Waals surface area contributed by atoms with Crippen molar-refractivity contribution in [3.05, 3.63) is 0 Å². The molecule has 0 amide bonds. The largest absolute Gasteiger partial charge is 0.395 e. The van der Waals surface area contributed by atoms with Crippen LogP contribution in [-0.2, 0) is 4.53 Å². The summed E-state index contributed by atoms with van der Waals surface area (Å²) < 4.78 is 5.82. The van der Waals surface area contributed by atoms with Crippen molar-refractivity contribution < 1.29 is 9.63 Å². The minimum Gasteiger partial charge on any atom is -0.395 e. The molecule has 2 atom stereocenters. The van der Waals surface area contributed by atoms with Gasteiger partial charge in [0.2, 0.25) is 9.04 Å². The molecule has 0 spiro atoms. The highest BCUT2D eigenvalue weighted by Crippen LogP contribution is 2.36. The molecule has 1 fully saturated rings. The van der Waals surface area contributed by atoms with Gasteiger partial charge < -0.3 is 9.63 Å². The van der Waals surface area contributed by atoms with E-state index < -0.39 is 9.04 Å². The van der Waals surface area contributed by atoms with Gasteiger partial charge in [0.05, 0.1) is 12.6 Å². The number of rotatable bonds is 3. The minimum absolute atomic E-state index is 0.203. The van der Waals surface area contributed by atoms with Crippen molar-refractivity contribution in [2.24, 2.45) is 11.3 Å². The molecule has 1 aliphatic heterocycles. The number of hydrogen-bond acceptors (Lipinski definition) is 3. The molecule has 4 heteroatoms. The number of nitrogens with zero attached hydrogens (tertiary/aromatic N) is 1. The predicted molar refractivity (Wildman–Crippen MR) is 63.7 cm³/mol. The van der Waals surface area contributed by atoms with E-state index in [4.69, 9.17) is 4.53 Å². The molecule has 1 saturated heterocycles. The van der Waals surface area contributed by atoms with Gasteiger partial charge in [-0.15, -0.1) is 0 Å². The Bertz CT molecular complexity index is 203. The van der Waals surface area contributed by atoms with Crippen molar-refractivity contribution in [2.75, 3.05) is 13.2 Å². The quantitative estimate of drug-likeness (QED) is 0.752. The molecule has 0 bridgehead atoms. The van der Waals surface area contributed by atoms with Crippen molar-refractivity contribution in [1.29, 1.82) is 0 Å². The maximum absolute atomic E-state index is 9.32. The van der Waals surface area contributed by atoms with Crippen LogP contribution >= 0.6 is 0 Å². The van der Waals surface area contributed by atoms with Crippen molar-refractivity contribution >= 4 is 9.04 Å². The Balaban J connectivity index is 2.59. The third-order valence-electron chi connectivity index (χ3n) is 3.10. The van der Waals surface area contributed by atoms with E-state index in [9.17, 15) is 5.11 Å². The summed E-state index contributed by atoms with van der Waals surface area (Å²) in [5.41, 5.74) is 0.305. The molecule has 0 aliphatic carbocycles. The molecular formula is C11H24NO2Si. The average Bonchev–Trinajstić information content (AvgIpc) is 2.45. The van der Waals surface area contributed by atoms with Crippen LogP contribution in [0.4, 0.5) is 0 Å². The Labute approximate surface area is 95.1 Å². The predicted octanol–water partition coefficient (Wildman–Crippen LogP) is 1.90. The van der Waals surface area contributed by atoms with Gasteiger partial charge in [-0.05, 0) is 30.8 Å². The summed E-state index contributed by atoms with van der Waals surface area (Å²) in [7, 11) is -0.713. The normalized spacial score (nSPS) is 29.0. The molecule has 0 aromatic carbocycles. The number of hydroxylamine groups is 2. The van der Waals surface area contributed by atoms with Gasteiger partial charge in [0.15, 0.2) is 0 Å². The average molecular weight is 230 g/mol. The van der Waals surface area contributed by atoms with Crippen LogP contribution in [-0.4, -0.2) is 38.4 Å². The molecule has 3 nitrogen and oxygen atoms in total. The second kappa shape index (κ2) is 4.95. The lowest BCUT2D eigenvalue weighted by Crippen LogP contribution is -2.36. The van der Waals surface area contributed by atoms with Crippen molar-refractivity contribution in [2.45, 2.75) is 46.3 Å². The van der Waals surface area contributed by atoms with E-state index in [0.717, 1.165) is 13.0 Å². The van der Waals surface area contributed by atoms with Gasteiger partial charge in [-0.1, -0.05) is 20.8 Å². The number of hydrogen-bond donors (Lipinski definition) is 1. The molecule has 1 aliphatic rings. The molecule has 89 valence electrons. The van der Waals surface area contributed by atoms with Gasteiger partial charge in [-0.25, -0.2) is 0 Å². The fourth-order valence-corrected chi connectivity index (χ4v) is 2.72. The Hall–Kier alpha value is 0.0969. The van der Waals surface area contributed by atoms with Gasteiger partial charge in [0.1, 0.15) is 0 Å². The first-order valence-corrected chi connectivity index (χ1v) is 8.11.